The van der Waals surface area contributed by atoms with Gasteiger partial charge < -0.3 is 9.64 Å². The summed E-state index contributed by atoms with van der Waals surface area (Å²) in [4.78, 5) is 44.2. The van der Waals surface area contributed by atoms with E-state index in [1.807, 2.05) is 32.0 Å². The summed E-state index contributed by atoms with van der Waals surface area (Å²) in [7, 11) is 0. The number of carbonyl (C=O) groups is 3. The van der Waals surface area contributed by atoms with Crippen molar-refractivity contribution in [1.82, 2.24) is 9.88 Å². The number of carbonyl (C=O) groups excluding carboxylic acids is 3. The number of hydrogen-bond donors (Lipinski definition) is 0. The topological polar surface area (TPSA) is 79.8 Å². The van der Waals surface area contributed by atoms with Crippen LogP contribution in [0.3, 0.4) is 0 Å². The summed E-state index contributed by atoms with van der Waals surface area (Å²) < 4.78 is 5.33. The van der Waals surface area contributed by atoms with E-state index in [1.54, 1.807) is 15.2 Å². The molecule has 1 fully saturated rings. The van der Waals surface area contributed by atoms with Crippen LogP contribution in [0, 0.1) is 13.8 Å². The number of nitrogens with zero attached hydrogens (tertiary/aromatic N) is 3. The highest BCUT2D eigenvalue weighted by molar-refractivity contribution is 7.14. The van der Waals surface area contributed by atoms with E-state index >= 15 is 0 Å². The molecule has 0 radical (unpaired) electrons. The van der Waals surface area contributed by atoms with Gasteiger partial charge in [0.25, 0.3) is 0 Å². The van der Waals surface area contributed by atoms with Crippen molar-refractivity contribution in [3.8, 4) is 0 Å². The average Bonchev–Trinajstić information content (AvgIpc) is 3.07. The number of likely N-dealkylation sites (tertiary alicyclic amines) is 1. The van der Waals surface area contributed by atoms with Gasteiger partial charge in [-0.1, -0.05) is 18.6 Å². The Morgan fingerprint density at radius 2 is 2.03 bits per heavy atom. The van der Waals surface area contributed by atoms with E-state index in [2.05, 4.69) is 4.98 Å². The smallest absolute Gasteiger partial charge is 0.326 e. The lowest BCUT2D eigenvalue weighted by Gasteiger charge is -2.21. The minimum Gasteiger partial charge on any atom is -0.458 e. The molecule has 3 rings (SSSR count). The molecule has 0 aliphatic carbocycles. The van der Waals surface area contributed by atoms with Crippen LogP contribution in [0.15, 0.2) is 23.6 Å². The number of benzene rings is 1. The van der Waals surface area contributed by atoms with Crippen LogP contribution in [0.1, 0.15) is 49.4 Å². The predicted molar refractivity (Wildman–Crippen MR) is 116 cm³/mol. The summed E-state index contributed by atoms with van der Waals surface area (Å²) in [6, 6.07) is 5.80. The molecule has 7 nitrogen and oxygen atoms in total. The molecule has 1 aromatic heterocycles. The first-order valence-electron chi connectivity index (χ1n) is 10.1. The quantitative estimate of drug-likeness (QED) is 0.651. The van der Waals surface area contributed by atoms with Crippen LogP contribution in [0.5, 0.6) is 0 Å². The molecule has 2 heterocycles. The van der Waals surface area contributed by atoms with E-state index in [0.29, 0.717) is 23.8 Å². The monoisotopic (exact) mass is 429 g/mol. The SMILES string of the molecule is CC(=O)N(c1nc(COC(=O)CN2CCCCCC2=O)cs1)c1cccc(C)c1C. The molecule has 0 spiro atoms. The van der Waals surface area contributed by atoms with Crippen molar-refractivity contribution < 1.29 is 19.1 Å². The summed E-state index contributed by atoms with van der Waals surface area (Å²) in [5.74, 6) is -0.579. The standard InChI is InChI=1S/C22H27N3O4S/c1-15-8-7-9-19(16(15)2)25(17(3)26)22-23-18(14-30-22)13-29-21(28)12-24-11-6-4-5-10-20(24)27/h7-9,14H,4-6,10-13H2,1-3H3. The maximum atomic E-state index is 12.3. The van der Waals surface area contributed by atoms with Gasteiger partial charge in [-0.25, -0.2) is 4.98 Å². The third kappa shape index (κ3) is 5.24. The maximum Gasteiger partial charge on any atom is 0.326 e. The van der Waals surface area contributed by atoms with Crippen LogP contribution in [0.25, 0.3) is 0 Å². The molecule has 2 aromatic rings. The second-order valence-electron chi connectivity index (χ2n) is 7.48. The molecular weight excluding hydrogens is 402 g/mol. The molecule has 0 N–H and O–H groups in total. The Labute approximate surface area is 180 Å². The van der Waals surface area contributed by atoms with Gasteiger partial charge in [-0.15, -0.1) is 11.3 Å². The Hall–Kier alpha value is -2.74. The van der Waals surface area contributed by atoms with E-state index in [0.717, 1.165) is 36.1 Å². The second kappa shape index (κ2) is 9.84. The Morgan fingerprint density at radius 1 is 1.23 bits per heavy atom. The third-order valence-electron chi connectivity index (χ3n) is 5.24. The van der Waals surface area contributed by atoms with Crippen molar-refractivity contribution in [2.24, 2.45) is 0 Å². The zero-order valence-corrected chi connectivity index (χ0v) is 18.5. The number of anilines is 2. The number of aryl methyl sites for hydroxylation is 1. The molecule has 1 aliphatic heterocycles. The van der Waals surface area contributed by atoms with Crippen LogP contribution in [0.2, 0.25) is 0 Å². The molecule has 30 heavy (non-hydrogen) atoms. The molecule has 0 unspecified atom stereocenters. The summed E-state index contributed by atoms with van der Waals surface area (Å²) in [6.07, 6.45) is 3.28. The Bertz CT molecular complexity index is 940. The largest absolute Gasteiger partial charge is 0.458 e. The Morgan fingerprint density at radius 3 is 2.80 bits per heavy atom. The number of thiazole rings is 1. The number of esters is 1. The lowest BCUT2D eigenvalue weighted by molar-refractivity contribution is -0.150. The molecule has 0 atom stereocenters. The summed E-state index contributed by atoms with van der Waals surface area (Å²) in [6.45, 7) is 6.05. The van der Waals surface area contributed by atoms with Gasteiger partial charge in [-0.2, -0.15) is 0 Å². The maximum absolute atomic E-state index is 12.3. The fourth-order valence-electron chi connectivity index (χ4n) is 3.41. The molecule has 0 bridgehead atoms. The second-order valence-corrected chi connectivity index (χ2v) is 8.32. The van der Waals surface area contributed by atoms with Gasteiger partial charge in [0.05, 0.1) is 11.4 Å². The number of ether oxygens (including phenoxy) is 1. The fourth-order valence-corrected chi connectivity index (χ4v) is 4.28. The first kappa shape index (κ1) is 22.0. The highest BCUT2D eigenvalue weighted by Crippen LogP contribution is 2.32. The van der Waals surface area contributed by atoms with Gasteiger partial charge in [0, 0.05) is 25.3 Å². The molecule has 1 saturated heterocycles. The predicted octanol–water partition coefficient (Wildman–Crippen LogP) is 3.89. The van der Waals surface area contributed by atoms with Crippen molar-refractivity contribution in [1.29, 1.82) is 0 Å². The number of hydrogen-bond acceptors (Lipinski definition) is 6. The molecule has 1 aliphatic rings. The summed E-state index contributed by atoms with van der Waals surface area (Å²) in [5.41, 5.74) is 3.47. The zero-order valence-electron chi connectivity index (χ0n) is 17.6. The number of amides is 2. The van der Waals surface area contributed by atoms with Gasteiger partial charge in [0.1, 0.15) is 13.2 Å². The summed E-state index contributed by atoms with van der Waals surface area (Å²) in [5, 5.41) is 2.31. The highest BCUT2D eigenvalue weighted by Gasteiger charge is 2.22. The van der Waals surface area contributed by atoms with Crippen molar-refractivity contribution in [2.75, 3.05) is 18.0 Å². The first-order valence-corrected chi connectivity index (χ1v) is 11.0. The van der Waals surface area contributed by atoms with E-state index in [9.17, 15) is 14.4 Å². The van der Waals surface area contributed by atoms with Crippen molar-refractivity contribution >= 4 is 39.9 Å². The molecule has 8 heteroatoms. The van der Waals surface area contributed by atoms with E-state index < -0.39 is 5.97 Å². The number of rotatable bonds is 6. The number of aromatic nitrogens is 1. The first-order chi connectivity index (χ1) is 14.4. The van der Waals surface area contributed by atoms with Crippen molar-refractivity contribution in [2.45, 2.75) is 53.1 Å². The van der Waals surface area contributed by atoms with Crippen molar-refractivity contribution in [3.05, 3.63) is 40.4 Å². The van der Waals surface area contributed by atoms with Crippen LogP contribution < -0.4 is 4.90 Å². The van der Waals surface area contributed by atoms with E-state index in [-0.39, 0.29) is 25.0 Å². The van der Waals surface area contributed by atoms with Gasteiger partial charge in [0.15, 0.2) is 5.13 Å². The average molecular weight is 430 g/mol. The van der Waals surface area contributed by atoms with Gasteiger partial charge in [-0.3, -0.25) is 19.3 Å². The van der Waals surface area contributed by atoms with Gasteiger partial charge in [0.2, 0.25) is 11.8 Å². The van der Waals surface area contributed by atoms with Crippen LogP contribution in [-0.4, -0.2) is 40.8 Å². The van der Waals surface area contributed by atoms with Crippen LogP contribution >= 0.6 is 11.3 Å². The van der Waals surface area contributed by atoms with E-state index in [4.69, 9.17) is 4.74 Å². The van der Waals surface area contributed by atoms with Crippen LogP contribution in [-0.2, 0) is 25.7 Å². The normalized spacial score (nSPS) is 14.4. The van der Waals surface area contributed by atoms with E-state index in [1.165, 1.54) is 18.3 Å². The molecular formula is C22H27N3O4S. The zero-order chi connectivity index (χ0) is 21.7. The lowest BCUT2D eigenvalue weighted by Crippen LogP contribution is -2.35. The third-order valence-corrected chi connectivity index (χ3v) is 6.11. The van der Waals surface area contributed by atoms with Gasteiger partial charge in [-0.05, 0) is 43.9 Å². The van der Waals surface area contributed by atoms with Gasteiger partial charge >= 0.3 is 5.97 Å². The molecule has 160 valence electrons. The van der Waals surface area contributed by atoms with Crippen molar-refractivity contribution in [3.63, 3.8) is 0 Å². The minimum absolute atomic E-state index is 0.00557. The highest BCUT2D eigenvalue weighted by atomic mass is 32.1. The lowest BCUT2D eigenvalue weighted by atomic mass is 10.1. The molecule has 2 amide bonds. The minimum atomic E-state index is -0.447. The molecule has 1 aromatic carbocycles. The summed E-state index contributed by atoms with van der Waals surface area (Å²) >= 11 is 1.32. The fraction of sp³-hybridized carbons (Fsp3) is 0.455. The van der Waals surface area contributed by atoms with Crippen LogP contribution in [0.4, 0.5) is 10.8 Å². The Kier molecular flexibility index (Phi) is 7.20. The Balaban J connectivity index is 1.65. The molecule has 0 saturated carbocycles.